The predicted molar refractivity (Wildman–Crippen MR) is 88.8 cm³/mol. The zero-order valence-electron chi connectivity index (χ0n) is 12.7. The number of aryl methyl sites for hydroxylation is 1. The molecule has 0 aliphatic heterocycles. The number of nitrogens with zero attached hydrogens (tertiary/aromatic N) is 2. The van der Waals surface area contributed by atoms with Gasteiger partial charge in [-0.05, 0) is 31.2 Å². The molecule has 0 atom stereocenters. The topological polar surface area (TPSA) is 98.3 Å². The van der Waals surface area contributed by atoms with Crippen LogP contribution < -0.4 is 5.32 Å². The number of carbonyl (C=O) groups is 1. The Morgan fingerprint density at radius 1 is 1.29 bits per heavy atom. The third-order valence-corrected chi connectivity index (χ3v) is 4.07. The lowest BCUT2D eigenvalue weighted by molar-refractivity contribution is -0.384. The van der Waals surface area contributed by atoms with Crippen LogP contribution >= 0.6 is 11.3 Å². The number of nitrogens with one attached hydrogen (secondary N) is 1. The zero-order chi connectivity index (χ0) is 17.1. The molecule has 0 aliphatic carbocycles. The van der Waals surface area contributed by atoms with Crippen molar-refractivity contribution in [2.75, 3.05) is 0 Å². The van der Waals surface area contributed by atoms with Gasteiger partial charge >= 0.3 is 0 Å². The van der Waals surface area contributed by atoms with Gasteiger partial charge in [0.05, 0.1) is 16.5 Å². The van der Waals surface area contributed by atoms with Crippen LogP contribution in [0.15, 0.2) is 46.2 Å². The summed E-state index contributed by atoms with van der Waals surface area (Å²) >= 11 is 1.54. The van der Waals surface area contributed by atoms with Crippen molar-refractivity contribution < 1.29 is 14.1 Å². The first-order chi connectivity index (χ1) is 11.5. The van der Waals surface area contributed by atoms with Gasteiger partial charge in [0.15, 0.2) is 5.76 Å². The van der Waals surface area contributed by atoms with E-state index >= 15 is 0 Å². The number of thiazole rings is 1. The molecule has 0 saturated heterocycles. The standard InChI is InChI=1S/C16H13N3O4S/c1-10-18-14(9-24-10)15-7-6-13(23-15)8-17-16(20)11-2-4-12(5-3-11)19(21)22/h2-7,9H,8H2,1H3,(H,17,20). The summed E-state index contributed by atoms with van der Waals surface area (Å²) in [5.74, 6) is 0.928. The van der Waals surface area contributed by atoms with E-state index < -0.39 is 4.92 Å². The van der Waals surface area contributed by atoms with Crippen molar-refractivity contribution in [3.8, 4) is 11.5 Å². The Labute approximate surface area is 141 Å². The fraction of sp³-hybridized carbons (Fsp3) is 0.125. The lowest BCUT2D eigenvalue weighted by Crippen LogP contribution is -2.22. The molecule has 0 saturated carbocycles. The highest BCUT2D eigenvalue weighted by Gasteiger charge is 2.11. The molecule has 0 unspecified atom stereocenters. The summed E-state index contributed by atoms with van der Waals surface area (Å²) in [6, 6.07) is 9.01. The predicted octanol–water partition coefficient (Wildman–Crippen LogP) is 3.55. The molecule has 0 spiro atoms. The highest BCUT2D eigenvalue weighted by atomic mass is 32.1. The van der Waals surface area contributed by atoms with Gasteiger partial charge in [-0.25, -0.2) is 4.98 Å². The van der Waals surface area contributed by atoms with Crippen molar-refractivity contribution in [1.29, 1.82) is 0 Å². The third kappa shape index (κ3) is 3.49. The van der Waals surface area contributed by atoms with Crippen molar-refractivity contribution in [3.63, 3.8) is 0 Å². The Balaban J connectivity index is 1.62. The summed E-state index contributed by atoms with van der Waals surface area (Å²) in [7, 11) is 0. The summed E-state index contributed by atoms with van der Waals surface area (Å²) in [4.78, 5) is 26.5. The monoisotopic (exact) mass is 343 g/mol. The first-order valence-electron chi connectivity index (χ1n) is 7.07. The quantitative estimate of drug-likeness (QED) is 0.564. The van der Waals surface area contributed by atoms with Crippen molar-refractivity contribution in [1.82, 2.24) is 10.3 Å². The van der Waals surface area contributed by atoms with Gasteiger partial charge in [-0.3, -0.25) is 14.9 Å². The minimum absolute atomic E-state index is 0.0548. The molecule has 3 rings (SSSR count). The summed E-state index contributed by atoms with van der Waals surface area (Å²) in [6.07, 6.45) is 0. The van der Waals surface area contributed by atoms with E-state index in [1.807, 2.05) is 18.4 Å². The zero-order valence-corrected chi connectivity index (χ0v) is 13.5. The number of amides is 1. The molecule has 122 valence electrons. The molecule has 1 N–H and O–H groups in total. The van der Waals surface area contributed by atoms with Crippen LogP contribution in [0.5, 0.6) is 0 Å². The van der Waals surface area contributed by atoms with E-state index in [0.717, 1.165) is 10.7 Å². The molecule has 2 aromatic heterocycles. The van der Waals surface area contributed by atoms with Gasteiger partial charge in [0.25, 0.3) is 11.6 Å². The second kappa shape index (κ2) is 6.63. The number of furan rings is 1. The number of benzene rings is 1. The molecule has 24 heavy (non-hydrogen) atoms. The SMILES string of the molecule is Cc1nc(-c2ccc(CNC(=O)c3ccc([N+](=O)[O-])cc3)o2)cs1. The largest absolute Gasteiger partial charge is 0.458 e. The Kier molecular flexibility index (Phi) is 4.39. The number of aromatic nitrogens is 1. The Morgan fingerprint density at radius 2 is 2.04 bits per heavy atom. The van der Waals surface area contributed by atoms with Crippen LogP contribution in [0.2, 0.25) is 0 Å². The van der Waals surface area contributed by atoms with Crippen LogP contribution in [0.1, 0.15) is 21.1 Å². The normalized spacial score (nSPS) is 10.5. The molecule has 3 aromatic rings. The first kappa shape index (κ1) is 15.9. The minimum Gasteiger partial charge on any atom is -0.458 e. The van der Waals surface area contributed by atoms with Gasteiger partial charge in [0.1, 0.15) is 11.5 Å². The van der Waals surface area contributed by atoms with Crippen LogP contribution in [0.25, 0.3) is 11.5 Å². The van der Waals surface area contributed by atoms with E-state index in [1.165, 1.54) is 35.6 Å². The fourth-order valence-electron chi connectivity index (χ4n) is 2.09. The highest BCUT2D eigenvalue weighted by molar-refractivity contribution is 7.09. The smallest absolute Gasteiger partial charge is 0.269 e. The van der Waals surface area contributed by atoms with Gasteiger partial charge < -0.3 is 9.73 Å². The molecule has 0 radical (unpaired) electrons. The number of nitro benzene ring substituents is 1. The average molecular weight is 343 g/mol. The molecule has 1 aromatic carbocycles. The second-order valence-corrected chi connectivity index (χ2v) is 6.07. The van der Waals surface area contributed by atoms with Crippen molar-refractivity contribution in [2.45, 2.75) is 13.5 Å². The van der Waals surface area contributed by atoms with Crippen molar-refractivity contribution in [3.05, 3.63) is 68.2 Å². The third-order valence-electron chi connectivity index (χ3n) is 3.30. The van der Waals surface area contributed by atoms with Gasteiger partial charge in [-0.2, -0.15) is 0 Å². The van der Waals surface area contributed by atoms with Crippen LogP contribution in [0.4, 0.5) is 5.69 Å². The van der Waals surface area contributed by atoms with E-state index in [2.05, 4.69) is 10.3 Å². The number of non-ortho nitro benzene ring substituents is 1. The molecular weight excluding hydrogens is 330 g/mol. The molecule has 8 heteroatoms. The lowest BCUT2D eigenvalue weighted by atomic mass is 10.2. The van der Waals surface area contributed by atoms with E-state index in [-0.39, 0.29) is 18.1 Å². The Hall–Kier alpha value is -3.00. The van der Waals surface area contributed by atoms with Gasteiger partial charge in [0.2, 0.25) is 0 Å². The maximum atomic E-state index is 12.0. The fourth-order valence-corrected chi connectivity index (χ4v) is 2.69. The number of carbonyl (C=O) groups excluding carboxylic acids is 1. The summed E-state index contributed by atoms with van der Waals surface area (Å²) in [5, 5.41) is 16.2. The van der Waals surface area contributed by atoms with Crippen LogP contribution in [-0.2, 0) is 6.54 Å². The molecule has 2 heterocycles. The highest BCUT2D eigenvalue weighted by Crippen LogP contribution is 2.23. The van der Waals surface area contributed by atoms with Crippen LogP contribution in [0, 0.1) is 17.0 Å². The minimum atomic E-state index is -0.508. The van der Waals surface area contributed by atoms with E-state index in [1.54, 1.807) is 6.07 Å². The molecule has 0 fully saturated rings. The maximum absolute atomic E-state index is 12.0. The molecule has 1 amide bonds. The lowest BCUT2D eigenvalue weighted by Gasteiger charge is -2.03. The molecule has 7 nitrogen and oxygen atoms in total. The Morgan fingerprint density at radius 3 is 2.67 bits per heavy atom. The van der Waals surface area contributed by atoms with Gasteiger partial charge in [0, 0.05) is 23.1 Å². The van der Waals surface area contributed by atoms with Crippen LogP contribution in [-0.4, -0.2) is 15.8 Å². The average Bonchev–Trinajstić information content (AvgIpc) is 3.21. The molecular formula is C16H13N3O4S. The number of rotatable bonds is 5. The number of hydrogen-bond donors (Lipinski definition) is 1. The summed E-state index contributed by atoms with van der Waals surface area (Å²) in [6.45, 7) is 2.14. The van der Waals surface area contributed by atoms with Gasteiger partial charge in [-0.1, -0.05) is 0 Å². The van der Waals surface area contributed by atoms with E-state index in [0.29, 0.717) is 17.1 Å². The molecule has 0 aliphatic rings. The number of nitro groups is 1. The van der Waals surface area contributed by atoms with Gasteiger partial charge in [-0.15, -0.1) is 11.3 Å². The van der Waals surface area contributed by atoms with E-state index in [9.17, 15) is 14.9 Å². The van der Waals surface area contributed by atoms with Crippen molar-refractivity contribution >= 4 is 22.9 Å². The van der Waals surface area contributed by atoms with E-state index in [4.69, 9.17) is 4.42 Å². The summed E-state index contributed by atoms with van der Waals surface area (Å²) < 4.78 is 5.66. The second-order valence-electron chi connectivity index (χ2n) is 5.00. The maximum Gasteiger partial charge on any atom is 0.269 e. The molecule has 0 bridgehead atoms. The van der Waals surface area contributed by atoms with Crippen LogP contribution in [0.3, 0.4) is 0 Å². The Bertz CT molecular complexity index is 883. The first-order valence-corrected chi connectivity index (χ1v) is 7.95. The van der Waals surface area contributed by atoms with Crippen molar-refractivity contribution in [2.24, 2.45) is 0 Å². The summed E-state index contributed by atoms with van der Waals surface area (Å²) in [5.41, 5.74) is 1.06. The number of hydrogen-bond acceptors (Lipinski definition) is 6.